The van der Waals surface area contributed by atoms with E-state index in [1.807, 2.05) is 0 Å². The van der Waals surface area contributed by atoms with Gasteiger partial charge in [0.05, 0.1) is 11.1 Å². The summed E-state index contributed by atoms with van der Waals surface area (Å²) in [6.07, 6.45) is -0.00939. The van der Waals surface area contributed by atoms with E-state index < -0.39 is 35.0 Å². The van der Waals surface area contributed by atoms with Crippen molar-refractivity contribution in [2.75, 3.05) is 0 Å². The number of halogens is 2. The van der Waals surface area contributed by atoms with Gasteiger partial charge >= 0.3 is 5.97 Å². The molecule has 0 radical (unpaired) electrons. The zero-order valence-corrected chi connectivity index (χ0v) is 11.4. The van der Waals surface area contributed by atoms with E-state index in [-0.39, 0.29) is 24.0 Å². The summed E-state index contributed by atoms with van der Waals surface area (Å²) < 4.78 is 26.5. The minimum Gasteiger partial charge on any atom is -0.479 e. The summed E-state index contributed by atoms with van der Waals surface area (Å²) in [4.78, 5) is 36.7. The fourth-order valence-electron chi connectivity index (χ4n) is 2.59. The van der Waals surface area contributed by atoms with E-state index in [0.717, 1.165) is 0 Å². The Bertz CT molecular complexity index is 612. The number of amides is 2. The number of rotatable bonds is 4. The van der Waals surface area contributed by atoms with Crippen LogP contribution in [0.5, 0.6) is 0 Å². The van der Waals surface area contributed by atoms with E-state index in [1.165, 1.54) is 13.8 Å². The van der Waals surface area contributed by atoms with E-state index in [9.17, 15) is 28.3 Å². The zero-order chi connectivity index (χ0) is 15.9. The fourth-order valence-corrected chi connectivity index (χ4v) is 2.59. The van der Waals surface area contributed by atoms with Crippen LogP contribution in [0.15, 0.2) is 12.1 Å². The highest BCUT2D eigenvalue weighted by molar-refractivity contribution is 6.23. The number of carbonyl (C=O) groups excluding carboxylic acids is 2. The summed E-state index contributed by atoms with van der Waals surface area (Å²) in [7, 11) is 0. The van der Waals surface area contributed by atoms with Crippen LogP contribution in [0.1, 0.15) is 47.4 Å². The molecule has 0 atom stereocenters. The van der Waals surface area contributed by atoms with Gasteiger partial charge in [0, 0.05) is 0 Å². The molecule has 0 bridgehead atoms. The molecule has 1 aromatic rings. The molecule has 0 unspecified atom stereocenters. The third-order valence-corrected chi connectivity index (χ3v) is 3.92. The van der Waals surface area contributed by atoms with E-state index in [0.29, 0.717) is 17.0 Å². The number of benzene rings is 1. The smallest absolute Gasteiger partial charge is 0.330 e. The zero-order valence-electron chi connectivity index (χ0n) is 11.4. The Morgan fingerprint density at radius 2 is 1.48 bits per heavy atom. The van der Waals surface area contributed by atoms with Crippen LogP contribution < -0.4 is 0 Å². The Hall–Kier alpha value is -2.31. The summed E-state index contributed by atoms with van der Waals surface area (Å²) in [6, 6.07) is 1.26. The minimum absolute atomic E-state index is 0.00470. The van der Waals surface area contributed by atoms with Crippen molar-refractivity contribution in [1.82, 2.24) is 4.90 Å². The molecule has 21 heavy (non-hydrogen) atoms. The normalized spacial score (nSPS) is 14.6. The van der Waals surface area contributed by atoms with Crippen LogP contribution >= 0.6 is 0 Å². The van der Waals surface area contributed by atoms with E-state index in [1.54, 1.807) is 0 Å². The predicted octanol–water partition coefficient (Wildman–Crippen LogP) is 2.20. The van der Waals surface area contributed by atoms with Crippen molar-refractivity contribution >= 4 is 17.8 Å². The molecule has 1 aromatic carbocycles. The second-order valence-electron chi connectivity index (χ2n) is 4.80. The summed E-state index contributed by atoms with van der Waals surface area (Å²) in [6.45, 7) is 3.06. The Morgan fingerprint density at radius 3 is 1.76 bits per heavy atom. The summed E-state index contributed by atoms with van der Waals surface area (Å²) in [5.74, 6) is -5.68. The SMILES string of the molecule is CCC(CC)(C(=O)O)N1C(=O)c2cc(F)c(F)cc2C1=O. The molecule has 0 saturated heterocycles. The van der Waals surface area contributed by atoms with Crippen molar-refractivity contribution in [3.63, 3.8) is 0 Å². The molecule has 0 aliphatic carbocycles. The standard InChI is InChI=1S/C14H13F2NO4/c1-3-14(4-2,13(20)21)17-11(18)7-5-9(15)10(16)6-8(7)12(17)19/h5-6H,3-4H2,1-2H3,(H,20,21). The lowest BCUT2D eigenvalue weighted by Gasteiger charge is -2.34. The molecule has 2 amide bonds. The summed E-state index contributed by atoms with van der Waals surface area (Å²) >= 11 is 0. The quantitative estimate of drug-likeness (QED) is 0.865. The van der Waals surface area contributed by atoms with Crippen LogP contribution in [-0.2, 0) is 4.79 Å². The number of carbonyl (C=O) groups is 3. The molecule has 112 valence electrons. The lowest BCUT2D eigenvalue weighted by Crippen LogP contribution is -2.56. The Kier molecular flexibility index (Phi) is 3.52. The van der Waals surface area contributed by atoms with Gasteiger partial charge in [-0.2, -0.15) is 0 Å². The molecule has 1 aliphatic heterocycles. The number of fused-ring (bicyclic) bond motifs is 1. The highest BCUT2D eigenvalue weighted by Crippen LogP contribution is 2.34. The molecule has 2 rings (SSSR count). The first-order valence-electron chi connectivity index (χ1n) is 6.41. The van der Waals surface area contributed by atoms with Crippen molar-refractivity contribution < 1.29 is 28.3 Å². The van der Waals surface area contributed by atoms with Crippen molar-refractivity contribution in [3.05, 3.63) is 34.9 Å². The molecule has 0 spiro atoms. The number of carboxylic acid groups (broad SMARTS) is 1. The third-order valence-electron chi connectivity index (χ3n) is 3.92. The molecule has 7 heteroatoms. The van der Waals surface area contributed by atoms with Crippen molar-refractivity contribution in [1.29, 1.82) is 0 Å². The van der Waals surface area contributed by atoms with Gasteiger partial charge in [0.1, 0.15) is 5.54 Å². The minimum atomic E-state index is -1.72. The monoisotopic (exact) mass is 297 g/mol. The second kappa shape index (κ2) is 4.91. The van der Waals surface area contributed by atoms with Gasteiger partial charge in [-0.25, -0.2) is 13.6 Å². The molecule has 5 nitrogen and oxygen atoms in total. The molecule has 0 fully saturated rings. The van der Waals surface area contributed by atoms with Gasteiger partial charge in [0.2, 0.25) is 0 Å². The van der Waals surface area contributed by atoms with Crippen LogP contribution in [0.2, 0.25) is 0 Å². The van der Waals surface area contributed by atoms with Gasteiger partial charge in [-0.1, -0.05) is 13.8 Å². The number of hydrogen-bond acceptors (Lipinski definition) is 3. The molecular formula is C14H13F2NO4. The molecule has 1 heterocycles. The van der Waals surface area contributed by atoms with Gasteiger partial charge in [0.15, 0.2) is 11.6 Å². The first-order chi connectivity index (χ1) is 9.80. The van der Waals surface area contributed by atoms with Gasteiger partial charge in [-0.05, 0) is 25.0 Å². The van der Waals surface area contributed by atoms with Crippen LogP contribution in [0, 0.1) is 11.6 Å². The Balaban J connectivity index is 2.63. The van der Waals surface area contributed by atoms with Crippen molar-refractivity contribution in [2.24, 2.45) is 0 Å². The van der Waals surface area contributed by atoms with Crippen LogP contribution in [0.25, 0.3) is 0 Å². The third kappa shape index (κ3) is 1.91. The molecule has 0 saturated carbocycles. The largest absolute Gasteiger partial charge is 0.479 e. The highest BCUT2D eigenvalue weighted by Gasteiger charge is 2.52. The van der Waals surface area contributed by atoms with Crippen LogP contribution in [-0.4, -0.2) is 33.3 Å². The lowest BCUT2D eigenvalue weighted by molar-refractivity contribution is -0.149. The molecule has 0 aromatic heterocycles. The first kappa shape index (κ1) is 15.1. The topological polar surface area (TPSA) is 74.7 Å². The summed E-state index contributed by atoms with van der Waals surface area (Å²) in [5.41, 5.74) is -2.35. The van der Waals surface area contributed by atoms with Gasteiger partial charge in [0.25, 0.3) is 11.8 Å². The second-order valence-corrected chi connectivity index (χ2v) is 4.80. The number of hydrogen-bond donors (Lipinski definition) is 1. The van der Waals surface area contributed by atoms with Gasteiger partial charge in [-0.15, -0.1) is 0 Å². The highest BCUT2D eigenvalue weighted by atomic mass is 19.2. The number of nitrogens with zero attached hydrogens (tertiary/aromatic N) is 1. The van der Waals surface area contributed by atoms with E-state index >= 15 is 0 Å². The van der Waals surface area contributed by atoms with Crippen molar-refractivity contribution in [2.45, 2.75) is 32.2 Å². The predicted molar refractivity (Wildman–Crippen MR) is 67.8 cm³/mol. The van der Waals surface area contributed by atoms with Gasteiger partial charge < -0.3 is 5.11 Å². The molecular weight excluding hydrogens is 284 g/mol. The number of carboxylic acids is 1. The fraction of sp³-hybridized carbons (Fsp3) is 0.357. The Labute approximate surface area is 119 Å². The lowest BCUT2D eigenvalue weighted by atomic mass is 9.90. The summed E-state index contributed by atoms with van der Waals surface area (Å²) in [5, 5.41) is 9.41. The number of aliphatic carboxylic acids is 1. The maximum atomic E-state index is 13.2. The average Bonchev–Trinajstić information content (AvgIpc) is 2.67. The molecule has 1 N–H and O–H groups in total. The van der Waals surface area contributed by atoms with Gasteiger partial charge in [-0.3, -0.25) is 14.5 Å². The van der Waals surface area contributed by atoms with Crippen LogP contribution in [0.4, 0.5) is 8.78 Å². The maximum absolute atomic E-state index is 13.2. The van der Waals surface area contributed by atoms with E-state index in [2.05, 4.69) is 0 Å². The van der Waals surface area contributed by atoms with E-state index in [4.69, 9.17) is 0 Å². The van der Waals surface area contributed by atoms with Crippen LogP contribution in [0.3, 0.4) is 0 Å². The van der Waals surface area contributed by atoms with Crippen molar-refractivity contribution in [3.8, 4) is 0 Å². The Morgan fingerprint density at radius 1 is 1.10 bits per heavy atom. The average molecular weight is 297 g/mol. The molecule has 1 aliphatic rings. The maximum Gasteiger partial charge on any atom is 0.330 e. The number of imide groups is 1. The first-order valence-corrected chi connectivity index (χ1v) is 6.41.